The van der Waals surface area contributed by atoms with E-state index >= 15 is 0 Å². The lowest BCUT2D eigenvalue weighted by atomic mass is 10.0. The van der Waals surface area contributed by atoms with E-state index in [2.05, 4.69) is 24.6 Å². The summed E-state index contributed by atoms with van der Waals surface area (Å²) in [7, 11) is 0. The van der Waals surface area contributed by atoms with Crippen LogP contribution in [0, 0.1) is 5.92 Å². The highest BCUT2D eigenvalue weighted by molar-refractivity contribution is 8.05. The molecule has 1 aliphatic rings. The standard InChI is InChI=1S/C13H22NS/c1-3-4-5-6-7-8-12(2)13-11-14-9-10-15-13/h9-12H,3-8H2,1-2H3. The molecule has 0 N–H and O–H groups in total. The lowest BCUT2D eigenvalue weighted by molar-refractivity contribution is 0.545. The molecule has 0 aromatic carbocycles. The van der Waals surface area contributed by atoms with Gasteiger partial charge in [-0.15, -0.1) is 0 Å². The second kappa shape index (κ2) is 7.86. The van der Waals surface area contributed by atoms with E-state index in [0.29, 0.717) is 5.92 Å². The molecule has 0 aromatic heterocycles. The number of hydrogen-bond acceptors (Lipinski definition) is 1. The molecule has 1 nitrogen and oxygen atoms in total. The van der Waals surface area contributed by atoms with Crippen LogP contribution in [0.1, 0.15) is 52.4 Å². The molecule has 15 heavy (non-hydrogen) atoms. The van der Waals surface area contributed by atoms with Crippen molar-refractivity contribution >= 4 is 11.8 Å². The second-order valence-electron chi connectivity index (χ2n) is 4.19. The maximum Gasteiger partial charge on any atom is 0.0369 e. The summed E-state index contributed by atoms with van der Waals surface area (Å²) in [5, 5.41) is 6.25. The quantitative estimate of drug-likeness (QED) is 0.574. The molecule has 0 saturated heterocycles. The van der Waals surface area contributed by atoms with Gasteiger partial charge in [-0.2, -0.15) is 0 Å². The number of allylic oxidation sites excluding steroid dienone is 1. The van der Waals surface area contributed by atoms with Gasteiger partial charge in [-0.1, -0.05) is 57.7 Å². The van der Waals surface area contributed by atoms with Crippen molar-refractivity contribution in [2.75, 3.05) is 0 Å². The van der Waals surface area contributed by atoms with E-state index in [0.717, 1.165) is 0 Å². The molecule has 0 fully saturated rings. The molecular weight excluding hydrogens is 202 g/mol. The Morgan fingerprint density at radius 1 is 1.27 bits per heavy atom. The van der Waals surface area contributed by atoms with Gasteiger partial charge in [-0.25, -0.2) is 0 Å². The number of nitrogens with zero attached hydrogens (tertiary/aromatic N) is 1. The fraction of sp³-hybridized carbons (Fsp3) is 0.692. The van der Waals surface area contributed by atoms with E-state index in [9.17, 15) is 0 Å². The summed E-state index contributed by atoms with van der Waals surface area (Å²) in [6, 6.07) is 0. The molecule has 1 atom stereocenters. The van der Waals surface area contributed by atoms with E-state index in [-0.39, 0.29) is 0 Å². The second-order valence-corrected chi connectivity index (χ2v) is 5.17. The minimum absolute atomic E-state index is 0.685. The largest absolute Gasteiger partial charge is 0.263 e. The molecule has 2 heteroatoms. The van der Waals surface area contributed by atoms with Crippen molar-refractivity contribution in [3.05, 3.63) is 22.7 Å². The molecule has 0 bridgehead atoms. The number of hydrogen-bond donors (Lipinski definition) is 0. The van der Waals surface area contributed by atoms with Crippen LogP contribution in [0.25, 0.3) is 0 Å². The summed E-state index contributed by atoms with van der Waals surface area (Å²) in [6.07, 6.45) is 12.1. The van der Waals surface area contributed by atoms with Gasteiger partial charge in [0.25, 0.3) is 0 Å². The highest BCUT2D eigenvalue weighted by Gasteiger charge is 2.09. The van der Waals surface area contributed by atoms with Gasteiger partial charge >= 0.3 is 0 Å². The molecule has 1 unspecified atom stereocenters. The summed E-state index contributed by atoms with van der Waals surface area (Å²) in [5.41, 5.74) is 0. The molecule has 0 aromatic rings. The van der Waals surface area contributed by atoms with Crippen LogP contribution in [-0.2, 0) is 0 Å². The Morgan fingerprint density at radius 2 is 2.07 bits per heavy atom. The van der Waals surface area contributed by atoms with Gasteiger partial charge < -0.3 is 0 Å². The van der Waals surface area contributed by atoms with Crippen molar-refractivity contribution in [2.45, 2.75) is 52.4 Å². The predicted octanol–water partition coefficient (Wildman–Crippen LogP) is 4.65. The zero-order valence-electron chi connectivity index (χ0n) is 9.91. The Labute approximate surface area is 98.4 Å². The van der Waals surface area contributed by atoms with Gasteiger partial charge in [0.05, 0.1) is 0 Å². The van der Waals surface area contributed by atoms with Crippen molar-refractivity contribution in [2.24, 2.45) is 5.92 Å². The molecule has 0 aliphatic carbocycles. The van der Waals surface area contributed by atoms with E-state index in [1.54, 1.807) is 0 Å². The molecule has 0 saturated carbocycles. The van der Waals surface area contributed by atoms with Crippen molar-refractivity contribution in [1.82, 2.24) is 5.32 Å². The summed E-state index contributed by atoms with van der Waals surface area (Å²) in [6.45, 7) is 4.58. The Kier molecular flexibility index (Phi) is 6.66. The topological polar surface area (TPSA) is 14.1 Å². The highest BCUT2D eigenvalue weighted by Crippen LogP contribution is 2.30. The smallest absolute Gasteiger partial charge is 0.0369 e. The van der Waals surface area contributed by atoms with Crippen molar-refractivity contribution in [3.8, 4) is 0 Å². The first-order chi connectivity index (χ1) is 7.34. The average Bonchev–Trinajstić information content (AvgIpc) is 2.30. The van der Waals surface area contributed by atoms with Gasteiger partial charge in [0.2, 0.25) is 0 Å². The van der Waals surface area contributed by atoms with Crippen LogP contribution in [0.4, 0.5) is 0 Å². The van der Waals surface area contributed by atoms with E-state index in [4.69, 9.17) is 0 Å². The van der Waals surface area contributed by atoms with Crippen LogP contribution in [0.2, 0.25) is 0 Å². The summed E-state index contributed by atoms with van der Waals surface area (Å²) < 4.78 is 0. The minimum Gasteiger partial charge on any atom is -0.263 e. The van der Waals surface area contributed by atoms with Gasteiger partial charge in [-0.05, 0) is 17.7 Å². The van der Waals surface area contributed by atoms with Crippen molar-refractivity contribution in [1.29, 1.82) is 0 Å². The molecule has 1 aliphatic heterocycles. The molecule has 0 amide bonds. The summed E-state index contributed by atoms with van der Waals surface area (Å²) in [4.78, 5) is 1.42. The Morgan fingerprint density at radius 3 is 2.73 bits per heavy atom. The number of thioether (sulfide) groups is 1. The Bertz CT molecular complexity index is 221. The molecule has 1 heterocycles. The summed E-state index contributed by atoms with van der Waals surface area (Å²) >= 11 is 1.83. The fourth-order valence-corrected chi connectivity index (χ4v) is 2.49. The third kappa shape index (κ3) is 5.31. The van der Waals surface area contributed by atoms with E-state index < -0.39 is 0 Å². The summed E-state index contributed by atoms with van der Waals surface area (Å²) in [5.74, 6) is 0.685. The van der Waals surface area contributed by atoms with Crippen LogP contribution in [0.5, 0.6) is 0 Å². The highest BCUT2D eigenvalue weighted by atomic mass is 32.2. The maximum absolute atomic E-state index is 4.17. The Balaban J connectivity index is 2.07. The van der Waals surface area contributed by atoms with Gasteiger partial charge in [0, 0.05) is 17.3 Å². The van der Waals surface area contributed by atoms with E-state index in [1.807, 2.05) is 24.2 Å². The molecule has 1 radical (unpaired) electrons. The van der Waals surface area contributed by atoms with Crippen LogP contribution in [-0.4, -0.2) is 0 Å². The Hall–Kier alpha value is -0.370. The minimum atomic E-state index is 0.685. The zero-order chi connectivity index (χ0) is 10.9. The van der Waals surface area contributed by atoms with Crippen LogP contribution in [0.15, 0.2) is 22.7 Å². The van der Waals surface area contributed by atoms with Crippen molar-refractivity contribution < 1.29 is 0 Å². The maximum atomic E-state index is 4.17. The normalized spacial score (nSPS) is 17.1. The van der Waals surface area contributed by atoms with Crippen LogP contribution >= 0.6 is 11.8 Å². The van der Waals surface area contributed by atoms with Crippen molar-refractivity contribution in [3.63, 3.8) is 0 Å². The fourth-order valence-electron chi connectivity index (χ4n) is 1.73. The van der Waals surface area contributed by atoms with Crippen LogP contribution < -0.4 is 5.32 Å². The first kappa shape index (κ1) is 12.7. The lowest BCUT2D eigenvalue weighted by Crippen LogP contribution is -2.01. The van der Waals surface area contributed by atoms with Gasteiger partial charge in [0.1, 0.15) is 0 Å². The molecular formula is C13H22NS. The monoisotopic (exact) mass is 224 g/mol. The third-order valence-corrected chi connectivity index (χ3v) is 3.82. The first-order valence-corrected chi connectivity index (χ1v) is 6.94. The van der Waals surface area contributed by atoms with Gasteiger partial charge in [0.15, 0.2) is 0 Å². The third-order valence-electron chi connectivity index (χ3n) is 2.78. The SMILES string of the molecule is CCCCCCCC(C)C1=C[N]C=CS1. The molecule has 0 spiro atoms. The lowest BCUT2D eigenvalue weighted by Gasteiger charge is -2.15. The number of unbranched alkanes of at least 4 members (excludes halogenated alkanes) is 4. The molecule has 85 valence electrons. The number of rotatable bonds is 7. The first-order valence-electron chi connectivity index (χ1n) is 6.06. The zero-order valence-corrected chi connectivity index (χ0v) is 10.7. The van der Waals surface area contributed by atoms with Crippen LogP contribution in [0.3, 0.4) is 0 Å². The van der Waals surface area contributed by atoms with Gasteiger partial charge in [-0.3, -0.25) is 5.32 Å². The average molecular weight is 224 g/mol. The predicted molar refractivity (Wildman–Crippen MR) is 69.5 cm³/mol. The van der Waals surface area contributed by atoms with E-state index in [1.165, 1.54) is 43.4 Å². The molecule has 1 rings (SSSR count).